The molecule has 0 fully saturated rings. The lowest BCUT2D eigenvalue weighted by molar-refractivity contribution is -0.118. The van der Waals surface area contributed by atoms with E-state index in [1.54, 1.807) is 6.92 Å². The second kappa shape index (κ2) is 6.12. The Labute approximate surface area is 125 Å². The molecule has 1 amide bonds. The van der Waals surface area contributed by atoms with Gasteiger partial charge in [-0.2, -0.15) is 0 Å². The van der Waals surface area contributed by atoms with Gasteiger partial charge in [0, 0.05) is 36.8 Å². The number of pyridine rings is 1. The number of rotatable bonds is 4. The number of nitrogens with one attached hydrogen (secondary N) is 2. The van der Waals surface area contributed by atoms with E-state index in [1.165, 1.54) is 35.2 Å². The number of aromatic nitrogens is 1. The summed E-state index contributed by atoms with van der Waals surface area (Å²) in [6, 6.07) is 8.28. The second-order valence-corrected chi connectivity index (χ2v) is 5.55. The monoisotopic (exact) mass is 283 g/mol. The normalized spacial score (nSPS) is 13.8. The zero-order chi connectivity index (χ0) is 14.7. The van der Waals surface area contributed by atoms with Crippen molar-refractivity contribution in [1.29, 1.82) is 0 Å². The number of aryl methyl sites for hydroxylation is 1. The van der Waals surface area contributed by atoms with Crippen molar-refractivity contribution in [2.24, 2.45) is 0 Å². The zero-order valence-electron chi connectivity index (χ0n) is 12.4. The number of carbonyl (C=O) groups is 1. The quantitative estimate of drug-likeness (QED) is 0.848. The average molecular weight is 283 g/mol. The van der Waals surface area contributed by atoms with Crippen molar-refractivity contribution >= 4 is 22.5 Å². The summed E-state index contributed by atoms with van der Waals surface area (Å²) in [5.74, 6) is 0.0124. The first kappa shape index (κ1) is 13.9. The van der Waals surface area contributed by atoms with Crippen molar-refractivity contribution in [3.05, 3.63) is 35.5 Å². The largest absolute Gasteiger partial charge is 0.382 e. The highest BCUT2D eigenvalue weighted by Crippen LogP contribution is 2.32. The van der Waals surface area contributed by atoms with E-state index in [0.29, 0.717) is 6.54 Å². The third-order valence-electron chi connectivity index (χ3n) is 3.97. The van der Waals surface area contributed by atoms with Crippen LogP contribution in [0.3, 0.4) is 0 Å². The maximum Gasteiger partial charge on any atom is 0.216 e. The van der Waals surface area contributed by atoms with Crippen LogP contribution >= 0.6 is 0 Å². The number of hydrogen-bond acceptors (Lipinski definition) is 3. The van der Waals surface area contributed by atoms with Crippen LogP contribution in [-0.2, 0) is 17.6 Å². The van der Waals surface area contributed by atoms with Gasteiger partial charge >= 0.3 is 0 Å². The summed E-state index contributed by atoms with van der Waals surface area (Å²) in [5, 5.41) is 7.52. The van der Waals surface area contributed by atoms with Crippen molar-refractivity contribution in [3.63, 3.8) is 0 Å². The lowest BCUT2D eigenvalue weighted by Crippen LogP contribution is -2.26. The van der Waals surface area contributed by atoms with Crippen molar-refractivity contribution in [2.75, 3.05) is 18.4 Å². The van der Waals surface area contributed by atoms with Crippen molar-refractivity contribution < 1.29 is 4.79 Å². The van der Waals surface area contributed by atoms with Crippen LogP contribution in [0.4, 0.5) is 5.69 Å². The molecule has 2 aromatic rings. The molecule has 110 valence electrons. The molecular weight excluding hydrogens is 262 g/mol. The fourth-order valence-electron chi connectivity index (χ4n) is 3.00. The van der Waals surface area contributed by atoms with Crippen LogP contribution in [0.25, 0.3) is 10.9 Å². The molecule has 2 N–H and O–H groups in total. The van der Waals surface area contributed by atoms with Gasteiger partial charge in [0.25, 0.3) is 0 Å². The zero-order valence-corrected chi connectivity index (χ0v) is 12.4. The first-order valence-electron chi connectivity index (χ1n) is 7.64. The molecule has 0 bridgehead atoms. The Bertz CT molecular complexity index is 666. The van der Waals surface area contributed by atoms with E-state index in [0.717, 1.165) is 24.9 Å². The Morgan fingerprint density at radius 1 is 1.19 bits per heavy atom. The van der Waals surface area contributed by atoms with Crippen LogP contribution < -0.4 is 10.6 Å². The Morgan fingerprint density at radius 3 is 2.86 bits per heavy atom. The van der Waals surface area contributed by atoms with Crippen LogP contribution in [0.1, 0.15) is 31.0 Å². The minimum absolute atomic E-state index is 0.0124. The summed E-state index contributed by atoms with van der Waals surface area (Å²) in [6.45, 7) is 2.92. The minimum Gasteiger partial charge on any atom is -0.382 e. The molecule has 1 heterocycles. The van der Waals surface area contributed by atoms with Crippen molar-refractivity contribution in [2.45, 2.75) is 32.6 Å². The van der Waals surface area contributed by atoms with E-state index < -0.39 is 0 Å². The first-order chi connectivity index (χ1) is 10.3. The van der Waals surface area contributed by atoms with Crippen molar-refractivity contribution in [1.82, 2.24) is 10.3 Å². The molecule has 3 rings (SSSR count). The summed E-state index contributed by atoms with van der Waals surface area (Å²) >= 11 is 0. The van der Waals surface area contributed by atoms with E-state index in [9.17, 15) is 4.79 Å². The topological polar surface area (TPSA) is 54.0 Å². The van der Waals surface area contributed by atoms with Crippen molar-refractivity contribution in [3.8, 4) is 0 Å². The van der Waals surface area contributed by atoms with Crippen LogP contribution in [-0.4, -0.2) is 24.0 Å². The molecule has 0 radical (unpaired) electrons. The van der Waals surface area contributed by atoms with Crippen LogP contribution in [0.2, 0.25) is 0 Å². The van der Waals surface area contributed by atoms with E-state index in [1.807, 2.05) is 6.07 Å². The summed E-state index contributed by atoms with van der Waals surface area (Å²) in [6.07, 6.45) is 4.62. The van der Waals surface area contributed by atoms with Crippen LogP contribution in [0.5, 0.6) is 0 Å². The van der Waals surface area contributed by atoms with Gasteiger partial charge in [-0.05, 0) is 37.3 Å². The van der Waals surface area contributed by atoms with E-state index in [2.05, 4.69) is 28.8 Å². The van der Waals surface area contributed by atoms with E-state index in [4.69, 9.17) is 4.98 Å². The highest BCUT2D eigenvalue weighted by molar-refractivity contribution is 5.93. The number of benzene rings is 1. The molecule has 0 saturated heterocycles. The SMILES string of the molecule is CC(=O)NCCNc1c2c(nc3ccccc13)CCCC2. The fourth-order valence-corrected chi connectivity index (χ4v) is 3.00. The summed E-state index contributed by atoms with van der Waals surface area (Å²) in [5.41, 5.74) is 4.87. The van der Waals surface area contributed by atoms with Gasteiger partial charge in [-0.3, -0.25) is 9.78 Å². The lowest BCUT2D eigenvalue weighted by Gasteiger charge is -2.21. The first-order valence-corrected chi connectivity index (χ1v) is 7.64. The molecule has 4 heteroatoms. The third kappa shape index (κ3) is 2.99. The Kier molecular flexibility index (Phi) is 4.04. The van der Waals surface area contributed by atoms with Crippen LogP contribution in [0, 0.1) is 0 Å². The molecule has 1 aromatic carbocycles. The molecule has 4 nitrogen and oxygen atoms in total. The maximum atomic E-state index is 11.0. The molecule has 0 aliphatic heterocycles. The summed E-state index contributed by atoms with van der Waals surface area (Å²) < 4.78 is 0. The van der Waals surface area contributed by atoms with Gasteiger partial charge in [0.2, 0.25) is 5.91 Å². The molecular formula is C17H21N3O. The molecule has 21 heavy (non-hydrogen) atoms. The summed E-state index contributed by atoms with van der Waals surface area (Å²) in [4.78, 5) is 15.8. The number of amides is 1. The minimum atomic E-state index is 0.0124. The predicted molar refractivity (Wildman–Crippen MR) is 85.6 cm³/mol. The number of para-hydroxylation sites is 1. The Hall–Kier alpha value is -2.10. The number of fused-ring (bicyclic) bond motifs is 2. The summed E-state index contributed by atoms with van der Waals surface area (Å²) in [7, 11) is 0. The lowest BCUT2D eigenvalue weighted by atomic mass is 9.92. The molecule has 0 saturated carbocycles. The highest BCUT2D eigenvalue weighted by atomic mass is 16.1. The third-order valence-corrected chi connectivity index (χ3v) is 3.97. The molecule has 1 aromatic heterocycles. The highest BCUT2D eigenvalue weighted by Gasteiger charge is 2.17. The number of nitrogens with zero attached hydrogens (tertiary/aromatic N) is 1. The maximum absolute atomic E-state index is 11.0. The van der Waals surface area contributed by atoms with Gasteiger partial charge in [0.05, 0.1) is 5.52 Å². The molecule has 0 atom stereocenters. The Morgan fingerprint density at radius 2 is 2.00 bits per heavy atom. The van der Waals surface area contributed by atoms with Gasteiger partial charge in [-0.1, -0.05) is 18.2 Å². The van der Waals surface area contributed by atoms with E-state index >= 15 is 0 Å². The van der Waals surface area contributed by atoms with Gasteiger partial charge in [0.1, 0.15) is 0 Å². The number of carbonyl (C=O) groups excluding carboxylic acids is 1. The predicted octanol–water partition coefficient (Wildman–Crippen LogP) is 2.66. The number of anilines is 1. The van der Waals surface area contributed by atoms with Gasteiger partial charge in [0.15, 0.2) is 0 Å². The van der Waals surface area contributed by atoms with E-state index in [-0.39, 0.29) is 5.91 Å². The number of hydrogen-bond donors (Lipinski definition) is 2. The van der Waals surface area contributed by atoms with Gasteiger partial charge in [-0.25, -0.2) is 0 Å². The molecule has 1 aliphatic rings. The smallest absolute Gasteiger partial charge is 0.216 e. The van der Waals surface area contributed by atoms with Gasteiger partial charge < -0.3 is 10.6 Å². The fraction of sp³-hybridized carbons (Fsp3) is 0.412. The molecule has 0 unspecified atom stereocenters. The standard InChI is InChI=1S/C17H21N3O/c1-12(21)18-10-11-19-17-13-6-2-4-8-15(13)20-16-9-5-3-7-14(16)17/h2,4,6,8H,3,5,7,9-11H2,1H3,(H,18,21)(H,19,20). The average Bonchev–Trinajstić information content (AvgIpc) is 2.50. The Balaban J connectivity index is 1.92. The second-order valence-electron chi connectivity index (χ2n) is 5.55. The molecule has 0 spiro atoms. The molecule has 1 aliphatic carbocycles. The van der Waals surface area contributed by atoms with Crippen LogP contribution in [0.15, 0.2) is 24.3 Å². The van der Waals surface area contributed by atoms with Gasteiger partial charge in [-0.15, -0.1) is 0 Å².